The van der Waals surface area contributed by atoms with Crippen molar-refractivity contribution < 1.29 is 0 Å². The van der Waals surface area contributed by atoms with Crippen LogP contribution in [0.1, 0.15) is 23.3 Å². The molecule has 1 aliphatic rings. The first kappa shape index (κ1) is 14.5. The van der Waals surface area contributed by atoms with E-state index in [4.69, 9.17) is 15.7 Å². The summed E-state index contributed by atoms with van der Waals surface area (Å²) >= 11 is 1.82. The van der Waals surface area contributed by atoms with Gasteiger partial charge in [-0.05, 0) is 43.4 Å². The predicted molar refractivity (Wildman–Crippen MR) is 94.8 cm³/mol. The van der Waals surface area contributed by atoms with Gasteiger partial charge in [0.2, 0.25) is 0 Å². The maximum atomic E-state index is 5.67. The summed E-state index contributed by atoms with van der Waals surface area (Å²) in [6.07, 6.45) is 8.36. The third kappa shape index (κ3) is 2.68. The van der Waals surface area contributed by atoms with Gasteiger partial charge in [-0.25, -0.2) is 9.97 Å². The predicted octanol–water partition coefficient (Wildman–Crippen LogP) is 3.00. The van der Waals surface area contributed by atoms with Crippen molar-refractivity contribution in [2.45, 2.75) is 25.7 Å². The Balaban J connectivity index is 1.90. The van der Waals surface area contributed by atoms with E-state index in [-0.39, 0.29) is 0 Å². The normalized spacial score (nSPS) is 14.0. The van der Waals surface area contributed by atoms with Crippen LogP contribution in [0.15, 0.2) is 24.5 Å². The number of anilines is 1. The highest BCUT2D eigenvalue weighted by atomic mass is 32.1. The largest absolute Gasteiger partial charge is 0.368 e. The molecule has 4 rings (SSSR count). The number of pyridine rings is 1. The molecule has 0 atom stereocenters. The van der Waals surface area contributed by atoms with Gasteiger partial charge in [-0.2, -0.15) is 0 Å². The van der Waals surface area contributed by atoms with E-state index >= 15 is 0 Å². The summed E-state index contributed by atoms with van der Waals surface area (Å²) in [5.74, 6) is 1.67. The molecule has 118 valence electrons. The lowest BCUT2D eigenvalue weighted by Gasteiger charge is -2.13. The SMILES string of the molecule is NCCNc1nc(-c2ccncc2)nc2sc3c(c12)CCCC3. The molecule has 3 aromatic rings. The van der Waals surface area contributed by atoms with E-state index in [1.807, 2.05) is 23.5 Å². The molecule has 3 heterocycles. The zero-order valence-corrected chi connectivity index (χ0v) is 13.7. The molecule has 0 fully saturated rings. The number of aromatic nitrogens is 3. The lowest BCUT2D eigenvalue weighted by Crippen LogP contribution is -2.14. The van der Waals surface area contributed by atoms with Crippen LogP contribution in [-0.4, -0.2) is 28.0 Å². The molecule has 3 N–H and O–H groups in total. The van der Waals surface area contributed by atoms with E-state index in [1.165, 1.54) is 28.7 Å². The molecule has 23 heavy (non-hydrogen) atoms. The van der Waals surface area contributed by atoms with Gasteiger partial charge in [0, 0.05) is 35.9 Å². The molecule has 0 unspecified atom stereocenters. The molecule has 3 aromatic heterocycles. The minimum absolute atomic E-state index is 0.586. The van der Waals surface area contributed by atoms with Crippen molar-refractivity contribution in [3.05, 3.63) is 35.0 Å². The third-order valence-corrected chi connectivity index (χ3v) is 5.38. The van der Waals surface area contributed by atoms with Crippen LogP contribution < -0.4 is 11.1 Å². The van der Waals surface area contributed by atoms with Crippen LogP contribution in [0.3, 0.4) is 0 Å². The number of nitrogens with one attached hydrogen (secondary N) is 1. The Bertz CT molecular complexity index is 828. The zero-order chi connectivity index (χ0) is 15.6. The topological polar surface area (TPSA) is 76.7 Å². The summed E-state index contributed by atoms with van der Waals surface area (Å²) in [7, 11) is 0. The molecule has 1 aliphatic carbocycles. The third-order valence-electron chi connectivity index (χ3n) is 4.19. The van der Waals surface area contributed by atoms with Gasteiger partial charge in [0.05, 0.1) is 5.39 Å². The van der Waals surface area contributed by atoms with Crippen LogP contribution in [-0.2, 0) is 12.8 Å². The Morgan fingerprint density at radius 1 is 1.13 bits per heavy atom. The fourth-order valence-corrected chi connectivity index (χ4v) is 4.37. The number of thiophene rings is 1. The quantitative estimate of drug-likeness (QED) is 0.771. The van der Waals surface area contributed by atoms with Gasteiger partial charge in [0.1, 0.15) is 10.6 Å². The van der Waals surface area contributed by atoms with E-state index in [9.17, 15) is 0 Å². The summed E-state index contributed by atoms with van der Waals surface area (Å²) in [5, 5.41) is 4.60. The van der Waals surface area contributed by atoms with E-state index in [0.717, 1.165) is 34.9 Å². The molecule has 0 saturated heterocycles. The second-order valence-electron chi connectivity index (χ2n) is 5.74. The molecule has 0 spiro atoms. The fraction of sp³-hybridized carbons (Fsp3) is 0.353. The van der Waals surface area contributed by atoms with Crippen LogP contribution in [0.4, 0.5) is 5.82 Å². The maximum Gasteiger partial charge on any atom is 0.163 e. The van der Waals surface area contributed by atoms with Crippen molar-refractivity contribution in [3.63, 3.8) is 0 Å². The summed E-state index contributed by atoms with van der Waals surface area (Å²) in [4.78, 5) is 16.2. The summed E-state index contributed by atoms with van der Waals surface area (Å²) in [6.45, 7) is 1.30. The molecule has 0 aromatic carbocycles. The van der Waals surface area contributed by atoms with Crippen LogP contribution in [0.2, 0.25) is 0 Å². The van der Waals surface area contributed by atoms with E-state index in [2.05, 4.69) is 10.3 Å². The second-order valence-corrected chi connectivity index (χ2v) is 6.82. The number of hydrogen-bond acceptors (Lipinski definition) is 6. The number of rotatable bonds is 4. The van der Waals surface area contributed by atoms with Gasteiger partial charge in [-0.15, -0.1) is 11.3 Å². The number of fused-ring (bicyclic) bond motifs is 3. The molecular weight excluding hydrogens is 306 g/mol. The minimum Gasteiger partial charge on any atom is -0.368 e. The van der Waals surface area contributed by atoms with Crippen molar-refractivity contribution in [2.75, 3.05) is 18.4 Å². The van der Waals surface area contributed by atoms with Crippen molar-refractivity contribution in [1.82, 2.24) is 15.0 Å². The minimum atomic E-state index is 0.586. The second kappa shape index (κ2) is 6.22. The Morgan fingerprint density at radius 2 is 1.96 bits per heavy atom. The lowest BCUT2D eigenvalue weighted by molar-refractivity contribution is 0.700. The van der Waals surface area contributed by atoms with Gasteiger partial charge in [-0.3, -0.25) is 4.98 Å². The molecule has 0 bridgehead atoms. The first-order valence-corrected chi connectivity index (χ1v) is 8.85. The molecule has 0 saturated carbocycles. The summed E-state index contributed by atoms with van der Waals surface area (Å²) in [6, 6.07) is 3.89. The van der Waals surface area contributed by atoms with Crippen LogP contribution >= 0.6 is 11.3 Å². The average molecular weight is 325 g/mol. The molecule has 6 heteroatoms. The first-order chi connectivity index (χ1) is 11.4. The number of nitrogens with zero attached hydrogens (tertiary/aromatic N) is 3. The maximum absolute atomic E-state index is 5.67. The Hall–Kier alpha value is -2.05. The zero-order valence-electron chi connectivity index (χ0n) is 12.9. The Kier molecular flexibility index (Phi) is 3.93. The van der Waals surface area contributed by atoms with Gasteiger partial charge in [0.25, 0.3) is 0 Å². The van der Waals surface area contributed by atoms with Crippen molar-refractivity contribution in [3.8, 4) is 11.4 Å². The van der Waals surface area contributed by atoms with Crippen LogP contribution in [0.25, 0.3) is 21.6 Å². The van der Waals surface area contributed by atoms with E-state index in [1.54, 1.807) is 12.4 Å². The van der Waals surface area contributed by atoms with Crippen molar-refractivity contribution in [2.24, 2.45) is 5.73 Å². The van der Waals surface area contributed by atoms with Crippen LogP contribution in [0, 0.1) is 0 Å². The van der Waals surface area contributed by atoms with Crippen molar-refractivity contribution in [1.29, 1.82) is 0 Å². The average Bonchev–Trinajstić information content (AvgIpc) is 2.99. The van der Waals surface area contributed by atoms with Gasteiger partial charge < -0.3 is 11.1 Å². The molecular formula is C17H19N5S. The Morgan fingerprint density at radius 3 is 2.78 bits per heavy atom. The fourth-order valence-electron chi connectivity index (χ4n) is 3.11. The smallest absolute Gasteiger partial charge is 0.163 e. The highest BCUT2D eigenvalue weighted by Crippen LogP contribution is 2.39. The lowest BCUT2D eigenvalue weighted by atomic mass is 9.97. The van der Waals surface area contributed by atoms with Gasteiger partial charge in [-0.1, -0.05) is 0 Å². The highest BCUT2D eigenvalue weighted by molar-refractivity contribution is 7.19. The van der Waals surface area contributed by atoms with Gasteiger partial charge in [0.15, 0.2) is 5.82 Å². The first-order valence-electron chi connectivity index (χ1n) is 8.03. The van der Waals surface area contributed by atoms with E-state index in [0.29, 0.717) is 13.1 Å². The molecule has 0 radical (unpaired) electrons. The van der Waals surface area contributed by atoms with Gasteiger partial charge >= 0.3 is 0 Å². The Labute approximate surface area is 139 Å². The van der Waals surface area contributed by atoms with E-state index < -0.39 is 0 Å². The summed E-state index contributed by atoms with van der Waals surface area (Å²) < 4.78 is 0. The number of aryl methyl sites for hydroxylation is 2. The highest BCUT2D eigenvalue weighted by Gasteiger charge is 2.21. The number of hydrogen-bond donors (Lipinski definition) is 2. The summed E-state index contributed by atoms with van der Waals surface area (Å²) in [5.41, 5.74) is 8.10. The molecule has 5 nitrogen and oxygen atoms in total. The molecule has 0 aliphatic heterocycles. The van der Waals surface area contributed by atoms with Crippen molar-refractivity contribution >= 4 is 27.4 Å². The number of nitrogens with two attached hydrogens (primary N) is 1. The molecule has 0 amide bonds. The monoisotopic (exact) mass is 325 g/mol. The standard InChI is InChI=1S/C17H19N5S/c18-7-10-20-16-14-12-3-1-2-4-13(12)23-17(14)22-15(21-16)11-5-8-19-9-6-11/h5-6,8-9H,1-4,7,10,18H2,(H,20,21,22). The van der Waals surface area contributed by atoms with Crippen LogP contribution in [0.5, 0.6) is 0 Å².